The number of benzene rings is 1. The summed E-state index contributed by atoms with van der Waals surface area (Å²) in [5, 5.41) is 18.0. The van der Waals surface area contributed by atoms with Crippen LogP contribution in [-0.4, -0.2) is 35.1 Å². The molecule has 0 spiro atoms. The van der Waals surface area contributed by atoms with Gasteiger partial charge >= 0.3 is 0 Å². The monoisotopic (exact) mass is 272 g/mol. The highest BCUT2D eigenvalue weighted by molar-refractivity contribution is 5.96. The van der Waals surface area contributed by atoms with Gasteiger partial charge in [-0.05, 0) is 56.4 Å². The number of amides is 1. The molecule has 0 radical (unpaired) electrons. The van der Waals surface area contributed by atoms with Crippen LogP contribution in [0, 0.1) is 18.3 Å². The molecule has 1 N–H and O–H groups in total. The van der Waals surface area contributed by atoms with Gasteiger partial charge < -0.3 is 10.0 Å². The van der Waals surface area contributed by atoms with Gasteiger partial charge in [0.25, 0.3) is 5.91 Å². The number of aliphatic hydroxyl groups excluding tert-OH is 1. The van der Waals surface area contributed by atoms with E-state index in [0.717, 1.165) is 31.4 Å². The van der Waals surface area contributed by atoms with Crippen molar-refractivity contribution < 1.29 is 9.90 Å². The first-order valence-electron chi connectivity index (χ1n) is 7.10. The number of carbonyl (C=O) groups is 1. The lowest BCUT2D eigenvalue weighted by atomic mass is 9.97. The third-order valence-electron chi connectivity index (χ3n) is 3.94. The van der Waals surface area contributed by atoms with E-state index in [9.17, 15) is 4.79 Å². The predicted molar refractivity (Wildman–Crippen MR) is 76.3 cm³/mol. The van der Waals surface area contributed by atoms with Crippen LogP contribution in [0.25, 0.3) is 0 Å². The highest BCUT2D eigenvalue weighted by atomic mass is 16.3. The van der Waals surface area contributed by atoms with Gasteiger partial charge in [0.1, 0.15) is 0 Å². The zero-order chi connectivity index (χ0) is 14.5. The Bertz CT molecular complexity index is 532. The number of likely N-dealkylation sites (tertiary alicyclic amines) is 1. The van der Waals surface area contributed by atoms with E-state index in [-0.39, 0.29) is 18.6 Å². The Morgan fingerprint density at radius 3 is 2.95 bits per heavy atom. The average Bonchev–Trinajstić information content (AvgIpc) is 2.47. The van der Waals surface area contributed by atoms with Gasteiger partial charge in [-0.3, -0.25) is 4.79 Å². The first kappa shape index (κ1) is 14.5. The van der Waals surface area contributed by atoms with Crippen molar-refractivity contribution in [3.63, 3.8) is 0 Å². The second-order valence-corrected chi connectivity index (χ2v) is 5.30. The van der Waals surface area contributed by atoms with Crippen LogP contribution in [-0.2, 0) is 0 Å². The summed E-state index contributed by atoms with van der Waals surface area (Å²) in [6.45, 7) is 2.73. The van der Waals surface area contributed by atoms with E-state index in [1.165, 1.54) is 0 Å². The Balaban J connectivity index is 2.23. The minimum absolute atomic E-state index is 0.0186. The fraction of sp³-hybridized carbons (Fsp3) is 0.500. The van der Waals surface area contributed by atoms with Crippen molar-refractivity contribution >= 4 is 5.91 Å². The molecule has 4 nitrogen and oxygen atoms in total. The molecule has 106 valence electrons. The van der Waals surface area contributed by atoms with Crippen molar-refractivity contribution in [3.8, 4) is 6.07 Å². The van der Waals surface area contributed by atoms with Crippen molar-refractivity contribution in [3.05, 3.63) is 34.9 Å². The summed E-state index contributed by atoms with van der Waals surface area (Å²) in [5.41, 5.74) is 2.07. The molecule has 4 heteroatoms. The van der Waals surface area contributed by atoms with E-state index in [4.69, 9.17) is 10.4 Å². The molecule has 0 aliphatic carbocycles. The third-order valence-corrected chi connectivity index (χ3v) is 3.94. The number of carbonyl (C=O) groups excluding carboxylic acids is 1. The molecule has 0 saturated carbocycles. The average molecular weight is 272 g/mol. The van der Waals surface area contributed by atoms with E-state index < -0.39 is 0 Å². The number of hydrogen-bond donors (Lipinski definition) is 1. The lowest BCUT2D eigenvalue weighted by molar-refractivity contribution is 0.0574. The minimum Gasteiger partial charge on any atom is -0.396 e. The number of hydrogen-bond acceptors (Lipinski definition) is 3. The van der Waals surface area contributed by atoms with Crippen LogP contribution in [0.2, 0.25) is 0 Å². The zero-order valence-corrected chi connectivity index (χ0v) is 11.8. The maximum Gasteiger partial charge on any atom is 0.254 e. The molecule has 0 bridgehead atoms. The second kappa shape index (κ2) is 6.53. The van der Waals surface area contributed by atoms with Crippen LogP contribution in [0.15, 0.2) is 18.2 Å². The largest absolute Gasteiger partial charge is 0.396 e. The molecular weight excluding hydrogens is 252 g/mol. The Labute approximate surface area is 119 Å². The summed E-state index contributed by atoms with van der Waals surface area (Å²) in [6.07, 6.45) is 3.73. The molecule has 1 aromatic rings. The summed E-state index contributed by atoms with van der Waals surface area (Å²) < 4.78 is 0. The van der Waals surface area contributed by atoms with E-state index in [1.54, 1.807) is 18.2 Å². The quantitative estimate of drug-likeness (QED) is 0.917. The minimum atomic E-state index is 0.0186. The molecule has 1 unspecified atom stereocenters. The maximum absolute atomic E-state index is 12.7. The zero-order valence-electron chi connectivity index (χ0n) is 11.8. The van der Waals surface area contributed by atoms with Gasteiger partial charge in [-0.1, -0.05) is 0 Å². The number of rotatable bonds is 3. The summed E-state index contributed by atoms with van der Waals surface area (Å²) in [4.78, 5) is 14.5. The van der Waals surface area contributed by atoms with Crippen molar-refractivity contribution in [1.82, 2.24) is 4.90 Å². The Hall–Kier alpha value is -1.86. The molecule has 1 atom stereocenters. The Morgan fingerprint density at radius 1 is 1.50 bits per heavy atom. The molecule has 2 rings (SSSR count). The van der Waals surface area contributed by atoms with Crippen LogP contribution in [0.3, 0.4) is 0 Å². The fourth-order valence-corrected chi connectivity index (χ4v) is 2.84. The molecule has 1 aliphatic heterocycles. The molecule has 1 saturated heterocycles. The molecule has 1 amide bonds. The third kappa shape index (κ3) is 3.00. The standard InChI is InChI=1S/C16H20N2O2/c1-12-10-13(11-17)5-6-15(12)16(20)18-8-3-2-4-14(18)7-9-19/h5-6,10,14,19H,2-4,7-9H2,1H3. The van der Waals surface area contributed by atoms with Gasteiger partial charge in [-0.2, -0.15) is 5.26 Å². The van der Waals surface area contributed by atoms with Crippen molar-refractivity contribution in [2.45, 2.75) is 38.6 Å². The molecule has 1 aromatic carbocycles. The molecule has 1 heterocycles. The molecule has 20 heavy (non-hydrogen) atoms. The van der Waals surface area contributed by atoms with Crippen LogP contribution in [0.4, 0.5) is 0 Å². The first-order chi connectivity index (χ1) is 9.67. The lowest BCUT2D eigenvalue weighted by Gasteiger charge is -2.36. The number of piperidine rings is 1. The van der Waals surface area contributed by atoms with E-state index in [2.05, 4.69) is 6.07 Å². The van der Waals surface area contributed by atoms with E-state index >= 15 is 0 Å². The molecule has 1 fully saturated rings. The van der Waals surface area contributed by atoms with Gasteiger partial charge in [-0.15, -0.1) is 0 Å². The number of nitriles is 1. The maximum atomic E-state index is 12.7. The van der Waals surface area contributed by atoms with Gasteiger partial charge in [0.15, 0.2) is 0 Å². The van der Waals surface area contributed by atoms with Gasteiger partial charge in [0, 0.05) is 24.8 Å². The van der Waals surface area contributed by atoms with E-state index in [0.29, 0.717) is 17.5 Å². The van der Waals surface area contributed by atoms with Gasteiger partial charge in [0.2, 0.25) is 0 Å². The highest BCUT2D eigenvalue weighted by Gasteiger charge is 2.27. The van der Waals surface area contributed by atoms with Crippen molar-refractivity contribution in [1.29, 1.82) is 5.26 Å². The summed E-state index contributed by atoms with van der Waals surface area (Å²) in [7, 11) is 0. The number of aliphatic hydroxyl groups is 1. The molecule has 1 aliphatic rings. The molecular formula is C16H20N2O2. The summed E-state index contributed by atoms with van der Waals surface area (Å²) >= 11 is 0. The van der Waals surface area contributed by atoms with Crippen molar-refractivity contribution in [2.24, 2.45) is 0 Å². The van der Waals surface area contributed by atoms with Gasteiger partial charge in [-0.25, -0.2) is 0 Å². The smallest absolute Gasteiger partial charge is 0.254 e. The lowest BCUT2D eigenvalue weighted by Crippen LogP contribution is -2.44. The number of nitrogens with zero attached hydrogens (tertiary/aromatic N) is 2. The first-order valence-corrected chi connectivity index (χ1v) is 7.10. The Morgan fingerprint density at radius 2 is 2.30 bits per heavy atom. The Kier molecular flexibility index (Phi) is 4.75. The van der Waals surface area contributed by atoms with Gasteiger partial charge in [0.05, 0.1) is 11.6 Å². The normalized spacial score (nSPS) is 18.6. The fourth-order valence-electron chi connectivity index (χ4n) is 2.84. The van der Waals surface area contributed by atoms with E-state index in [1.807, 2.05) is 11.8 Å². The second-order valence-electron chi connectivity index (χ2n) is 5.30. The highest BCUT2D eigenvalue weighted by Crippen LogP contribution is 2.23. The predicted octanol–water partition coefficient (Wildman–Crippen LogP) is 2.24. The van der Waals surface area contributed by atoms with Crippen LogP contribution >= 0.6 is 0 Å². The van der Waals surface area contributed by atoms with Crippen LogP contribution in [0.1, 0.15) is 47.2 Å². The topological polar surface area (TPSA) is 64.3 Å². The SMILES string of the molecule is Cc1cc(C#N)ccc1C(=O)N1CCCCC1CCO. The van der Waals surface area contributed by atoms with Crippen molar-refractivity contribution in [2.75, 3.05) is 13.2 Å². The van der Waals surface area contributed by atoms with Crippen LogP contribution < -0.4 is 0 Å². The van der Waals surface area contributed by atoms with Crippen LogP contribution in [0.5, 0.6) is 0 Å². The number of aryl methyl sites for hydroxylation is 1. The summed E-state index contributed by atoms with van der Waals surface area (Å²) in [5.74, 6) is 0.0186. The molecule has 0 aromatic heterocycles. The summed E-state index contributed by atoms with van der Waals surface area (Å²) in [6, 6.07) is 7.39.